The van der Waals surface area contributed by atoms with E-state index < -0.39 is 37.7 Å². The molecule has 0 radical (unpaired) electrons. The first-order valence-electron chi connectivity index (χ1n) is 33.7. The normalized spacial score (nSPS) is 10.6. The maximum atomic E-state index is 13.8. The second kappa shape index (κ2) is 40.0. The van der Waals surface area contributed by atoms with Gasteiger partial charge in [-0.05, 0) is 120 Å². The maximum Gasteiger partial charge on any atom is 0.346 e. The fourth-order valence-corrected chi connectivity index (χ4v) is 21.2. The van der Waals surface area contributed by atoms with Crippen LogP contribution in [0.15, 0.2) is 430 Å². The van der Waals surface area contributed by atoms with E-state index in [9.17, 15) is 9.18 Å². The first-order valence-corrected chi connectivity index (χ1v) is 40.3. The van der Waals surface area contributed by atoms with Crippen molar-refractivity contribution >= 4 is 124 Å². The molecule has 104 heavy (non-hydrogen) atoms. The number of carbonyl (C=O) groups is 1. The molecule has 5 nitrogen and oxygen atoms in total. The number of halogens is 1. The third-order valence-corrected chi connectivity index (χ3v) is 26.8. The summed E-state index contributed by atoms with van der Waals surface area (Å²) in [6, 6.07) is 141. The summed E-state index contributed by atoms with van der Waals surface area (Å²) < 4.78 is 19.0. The van der Waals surface area contributed by atoms with Crippen LogP contribution in [0, 0.1) is 5.82 Å². The summed E-state index contributed by atoms with van der Waals surface area (Å²) in [5.41, 5.74) is 2.13. The van der Waals surface area contributed by atoms with Crippen LogP contribution in [0.2, 0.25) is 0 Å². The fraction of sp³-hybridized carbons (Fsp3) is 0.0109. The van der Waals surface area contributed by atoms with E-state index >= 15 is 0 Å². The molecule has 512 valence electrons. The molecule has 0 saturated carbocycles. The smallest absolute Gasteiger partial charge is 0.346 e. The number of esters is 1. The van der Waals surface area contributed by atoms with Crippen molar-refractivity contribution in [3.05, 3.63) is 436 Å². The summed E-state index contributed by atoms with van der Waals surface area (Å²) in [7, 11) is -1.78. The Bertz CT molecular complexity index is 4280. The van der Waals surface area contributed by atoms with Crippen molar-refractivity contribution in [3.63, 3.8) is 0 Å². The van der Waals surface area contributed by atoms with Crippen LogP contribution in [0.3, 0.4) is 0 Å². The number of aromatic amines is 1. The van der Waals surface area contributed by atoms with Crippen LogP contribution in [-0.4, -0.2) is 27.2 Å². The van der Waals surface area contributed by atoms with Crippen molar-refractivity contribution in [1.29, 1.82) is 0 Å². The van der Waals surface area contributed by atoms with Crippen LogP contribution in [0.5, 0.6) is 6.01 Å². The molecule has 0 saturated heterocycles. The van der Waals surface area contributed by atoms with Gasteiger partial charge in [-0.15, -0.1) is 11.8 Å². The minimum Gasteiger partial charge on any atom is -0.387 e. The second-order valence-electron chi connectivity index (χ2n) is 23.1. The van der Waals surface area contributed by atoms with Crippen molar-refractivity contribution in [2.45, 2.75) is 4.90 Å². The molecule has 0 amide bonds. The van der Waals surface area contributed by atoms with Crippen molar-refractivity contribution in [2.75, 3.05) is 6.26 Å². The van der Waals surface area contributed by atoms with Gasteiger partial charge in [-0.1, -0.05) is 388 Å². The number of carbonyl (C=O) groups excluding carboxylic acids is 1. The Kier molecular flexibility index (Phi) is 28.9. The number of rotatable bonds is 16. The predicted molar refractivity (Wildman–Crippen MR) is 443 cm³/mol. The summed E-state index contributed by atoms with van der Waals surface area (Å²) in [6.07, 6.45) is 6.74. The average molecular weight is 1540 g/mol. The van der Waals surface area contributed by atoms with Crippen LogP contribution in [0.4, 0.5) is 4.39 Å². The van der Waals surface area contributed by atoms with Crippen LogP contribution in [0.1, 0.15) is 10.4 Å². The number of fused-ring (bicyclic) bond motifs is 1. The largest absolute Gasteiger partial charge is 0.387 e. The minimum atomic E-state index is -0.559. The predicted octanol–water partition coefficient (Wildman–Crippen LogP) is 18.5. The van der Waals surface area contributed by atoms with Gasteiger partial charge in [0.2, 0.25) is 0 Å². The Labute approximate surface area is 633 Å². The Morgan fingerprint density at radius 1 is 0.337 bits per heavy atom. The molecule has 1 N–H and O–H groups in total. The van der Waals surface area contributed by atoms with Crippen LogP contribution >= 0.6 is 43.4 Å². The van der Waals surface area contributed by atoms with Gasteiger partial charge in [-0.2, -0.15) is 0 Å². The molecule has 16 rings (SSSR count). The molecule has 2 heterocycles. The molecule has 0 atom stereocenters. The molecule has 0 bridgehead atoms. The SMILES string of the molecule is CSc1c[nH]c2cc(C(=O)Oc3ncc(-c4ccccc4F)cn3)ccc12.[Pd].c1ccc(P(c2ccccc2)c2ccccc2)cc1.c1ccc(P(c2ccccc2)c2ccccc2)cc1.c1ccc(P(c2ccccc2)c2ccccc2)cc1.c1ccc(P(c2ccccc2)c2ccccc2)cc1. The van der Waals surface area contributed by atoms with Crippen LogP contribution < -0.4 is 68.4 Å². The summed E-state index contributed by atoms with van der Waals surface area (Å²) in [5, 5.41) is 17.8. The van der Waals surface area contributed by atoms with Gasteiger partial charge in [-0.25, -0.2) is 19.2 Å². The summed E-state index contributed by atoms with van der Waals surface area (Å²) >= 11 is 1.63. The van der Waals surface area contributed by atoms with Crippen LogP contribution in [0.25, 0.3) is 22.0 Å². The fourth-order valence-electron chi connectivity index (χ4n) is 11.5. The van der Waals surface area contributed by atoms with Gasteiger partial charge in [0.1, 0.15) is 5.82 Å². The molecule has 12 heteroatoms. The third-order valence-electron chi connectivity index (χ3n) is 16.3. The third kappa shape index (κ3) is 20.8. The molecule has 0 aliphatic carbocycles. The summed E-state index contributed by atoms with van der Waals surface area (Å²) in [5.74, 6) is -0.925. The first kappa shape index (κ1) is 75.0. The van der Waals surface area contributed by atoms with Gasteiger partial charge in [0.15, 0.2) is 0 Å². The van der Waals surface area contributed by atoms with Gasteiger partial charge in [0.25, 0.3) is 0 Å². The standard InChI is InChI=1S/C20H14FN3O2S.4C18H15P.Pd/c1-27-18-11-22-17-8-12(6-7-15(17)18)19(25)26-20-23-9-13(10-24-20)14-4-2-3-5-16(14)21;4*1-4-10-16(11-5-1)19(17-12-6-2-7-13-17)18-14-8-3-9-15-18;/h2-11,22H,1H3;4*1-15H;. The first-order chi connectivity index (χ1) is 51.0. The number of hydrogen-bond acceptors (Lipinski definition) is 5. The molecule has 2 aromatic heterocycles. The van der Waals surface area contributed by atoms with Crippen molar-refractivity contribution in [2.24, 2.45) is 0 Å². The molecule has 0 spiro atoms. The Balaban J connectivity index is 0.000000131. The Morgan fingerprint density at radius 3 is 0.817 bits per heavy atom. The molecule has 0 aliphatic heterocycles. The van der Waals surface area contributed by atoms with E-state index in [0.717, 1.165) is 15.8 Å². The van der Waals surface area contributed by atoms with Crippen molar-refractivity contribution in [1.82, 2.24) is 15.0 Å². The minimum absolute atomic E-state index is 0. The number of hydrogen-bond donors (Lipinski definition) is 1. The van der Waals surface area contributed by atoms with Gasteiger partial charge < -0.3 is 9.72 Å². The molecule has 0 fully saturated rings. The number of ether oxygens (including phenoxy) is 1. The van der Waals surface area contributed by atoms with E-state index in [1.54, 1.807) is 42.1 Å². The van der Waals surface area contributed by atoms with E-state index in [2.05, 4.69) is 379 Å². The van der Waals surface area contributed by atoms with Gasteiger partial charge in [0.05, 0.1) is 5.56 Å². The number of benzene rings is 14. The second-order valence-corrected chi connectivity index (χ2v) is 32.8. The zero-order valence-corrected chi connectivity index (χ0v) is 63.0. The molecule has 14 aromatic carbocycles. The van der Waals surface area contributed by atoms with Crippen LogP contribution in [-0.2, 0) is 20.4 Å². The van der Waals surface area contributed by atoms with Crippen molar-refractivity contribution < 1.29 is 34.3 Å². The summed E-state index contributed by atoms with van der Waals surface area (Å²) in [6.45, 7) is 0. The van der Waals surface area contributed by atoms with E-state index in [1.807, 2.05) is 18.5 Å². The Hall–Kier alpha value is -10.2. The number of thioether (sulfide) groups is 1. The van der Waals surface area contributed by atoms with E-state index in [1.165, 1.54) is 82.1 Å². The zero-order valence-electron chi connectivity index (χ0n) is 57.0. The van der Waals surface area contributed by atoms with Gasteiger partial charge in [0, 0.05) is 65.9 Å². The van der Waals surface area contributed by atoms with E-state index in [-0.39, 0.29) is 32.3 Å². The quantitative estimate of drug-likeness (QED) is 0.0452. The number of nitrogens with zero attached hydrogens (tertiary/aromatic N) is 2. The number of nitrogens with one attached hydrogen (secondary N) is 1. The van der Waals surface area contributed by atoms with Gasteiger partial charge >= 0.3 is 12.0 Å². The molecule has 16 aromatic rings. The van der Waals surface area contributed by atoms with E-state index in [0.29, 0.717) is 16.7 Å². The number of H-pyrrole nitrogens is 1. The maximum absolute atomic E-state index is 13.8. The van der Waals surface area contributed by atoms with Crippen molar-refractivity contribution in [3.8, 4) is 17.1 Å². The topological polar surface area (TPSA) is 67.9 Å². The summed E-state index contributed by atoms with van der Waals surface area (Å²) in [4.78, 5) is 24.6. The molecular weight excluding hydrogens is 1460 g/mol. The zero-order chi connectivity index (χ0) is 70.5. The average Bonchev–Trinajstić information content (AvgIpc) is 1.57. The monoisotopic (exact) mass is 1530 g/mol. The molecule has 0 aliphatic rings. The number of aromatic nitrogens is 3. The Morgan fingerprint density at radius 2 is 0.577 bits per heavy atom. The van der Waals surface area contributed by atoms with E-state index in [4.69, 9.17) is 4.74 Å². The molecule has 0 unspecified atom stereocenters. The van der Waals surface area contributed by atoms with Gasteiger partial charge in [-0.3, -0.25) is 0 Å². The molecular formula is C92H74FN3O2P4PdS.